The third kappa shape index (κ3) is 3.63. The number of anilines is 1. The van der Waals surface area contributed by atoms with E-state index in [1.807, 2.05) is 19.1 Å². The van der Waals surface area contributed by atoms with Gasteiger partial charge in [-0.3, -0.25) is 4.79 Å². The summed E-state index contributed by atoms with van der Waals surface area (Å²) in [6, 6.07) is 13.7. The van der Waals surface area contributed by atoms with Crippen LogP contribution in [-0.4, -0.2) is 5.91 Å². The van der Waals surface area contributed by atoms with Crippen LogP contribution in [0.3, 0.4) is 0 Å². The predicted octanol–water partition coefficient (Wildman–Crippen LogP) is 3.77. The summed E-state index contributed by atoms with van der Waals surface area (Å²) >= 11 is 0. The molecule has 110 valence electrons. The van der Waals surface area contributed by atoms with Crippen LogP contribution >= 0.6 is 0 Å². The van der Waals surface area contributed by atoms with Crippen molar-refractivity contribution in [2.75, 3.05) is 5.73 Å². The van der Waals surface area contributed by atoms with Crippen LogP contribution in [-0.2, 0) is 0 Å². The Kier molecular flexibility index (Phi) is 4.63. The van der Waals surface area contributed by atoms with E-state index < -0.39 is 0 Å². The van der Waals surface area contributed by atoms with Crippen LogP contribution in [0.4, 0.5) is 5.69 Å². The summed E-state index contributed by atoms with van der Waals surface area (Å²) < 4.78 is 0. The second kappa shape index (κ2) is 6.44. The average molecular weight is 282 g/mol. The summed E-state index contributed by atoms with van der Waals surface area (Å²) in [6.45, 7) is 6.05. The monoisotopic (exact) mass is 282 g/mol. The van der Waals surface area contributed by atoms with E-state index in [9.17, 15) is 4.79 Å². The second-order valence-electron chi connectivity index (χ2n) is 5.42. The molecule has 0 bridgehead atoms. The largest absolute Gasteiger partial charge is 0.398 e. The molecule has 0 fully saturated rings. The lowest BCUT2D eigenvalue weighted by atomic mass is 10.0. The highest BCUT2D eigenvalue weighted by Gasteiger charge is 2.14. The Morgan fingerprint density at radius 2 is 1.81 bits per heavy atom. The van der Waals surface area contributed by atoms with Crippen molar-refractivity contribution in [3.8, 4) is 0 Å². The molecule has 3 heteroatoms. The molecule has 21 heavy (non-hydrogen) atoms. The maximum atomic E-state index is 12.4. The summed E-state index contributed by atoms with van der Waals surface area (Å²) in [4.78, 5) is 12.4. The quantitative estimate of drug-likeness (QED) is 0.839. The molecule has 0 saturated carbocycles. The first-order valence-corrected chi connectivity index (χ1v) is 7.24. The maximum absolute atomic E-state index is 12.4. The molecule has 0 spiro atoms. The first kappa shape index (κ1) is 15.1. The molecule has 0 aliphatic rings. The fourth-order valence-corrected chi connectivity index (χ4v) is 2.24. The third-order valence-electron chi connectivity index (χ3n) is 3.73. The van der Waals surface area contributed by atoms with Crippen molar-refractivity contribution in [3.63, 3.8) is 0 Å². The highest BCUT2D eigenvalue weighted by atomic mass is 16.1. The Labute approximate surface area is 126 Å². The third-order valence-corrected chi connectivity index (χ3v) is 3.73. The van der Waals surface area contributed by atoms with Crippen molar-refractivity contribution in [3.05, 3.63) is 64.7 Å². The van der Waals surface area contributed by atoms with Crippen LogP contribution in [0.5, 0.6) is 0 Å². The molecule has 1 unspecified atom stereocenters. The van der Waals surface area contributed by atoms with Gasteiger partial charge in [-0.1, -0.05) is 42.8 Å². The van der Waals surface area contributed by atoms with E-state index >= 15 is 0 Å². The zero-order valence-corrected chi connectivity index (χ0v) is 12.8. The molecule has 0 radical (unpaired) electrons. The van der Waals surface area contributed by atoms with E-state index in [1.165, 1.54) is 5.56 Å². The molecule has 2 rings (SSSR count). The van der Waals surface area contributed by atoms with Crippen LogP contribution in [0.1, 0.15) is 46.4 Å². The molecule has 0 saturated heterocycles. The summed E-state index contributed by atoms with van der Waals surface area (Å²) in [5.74, 6) is -0.0888. The summed E-state index contributed by atoms with van der Waals surface area (Å²) in [5, 5.41) is 3.07. The Morgan fingerprint density at radius 1 is 1.14 bits per heavy atom. The van der Waals surface area contributed by atoms with Gasteiger partial charge in [0.2, 0.25) is 0 Å². The Hall–Kier alpha value is -2.29. The fraction of sp³-hybridized carbons (Fsp3) is 0.278. The number of hydrogen-bond acceptors (Lipinski definition) is 2. The lowest BCUT2D eigenvalue weighted by Crippen LogP contribution is -2.28. The normalized spacial score (nSPS) is 12.0. The average Bonchev–Trinajstić information content (AvgIpc) is 2.48. The maximum Gasteiger partial charge on any atom is 0.251 e. The molecule has 1 atom stereocenters. The van der Waals surface area contributed by atoms with Gasteiger partial charge in [0.15, 0.2) is 0 Å². The molecule has 0 aliphatic heterocycles. The number of nitrogens with two attached hydrogens (primary N) is 1. The number of amides is 1. The summed E-state index contributed by atoms with van der Waals surface area (Å²) in [6.07, 6.45) is 0.843. The Bertz CT molecular complexity index is 632. The molecular weight excluding hydrogens is 260 g/mol. The van der Waals surface area contributed by atoms with Gasteiger partial charge in [-0.25, -0.2) is 0 Å². The molecule has 1 amide bonds. The van der Waals surface area contributed by atoms with Crippen molar-refractivity contribution < 1.29 is 4.79 Å². The smallest absolute Gasteiger partial charge is 0.251 e. The lowest BCUT2D eigenvalue weighted by Gasteiger charge is -2.18. The van der Waals surface area contributed by atoms with Crippen molar-refractivity contribution >= 4 is 11.6 Å². The van der Waals surface area contributed by atoms with Gasteiger partial charge in [-0.2, -0.15) is 0 Å². The van der Waals surface area contributed by atoms with E-state index in [2.05, 4.69) is 43.4 Å². The number of carbonyl (C=O) groups excluding carboxylic acids is 1. The van der Waals surface area contributed by atoms with Gasteiger partial charge in [-0.15, -0.1) is 0 Å². The van der Waals surface area contributed by atoms with Crippen LogP contribution in [0.15, 0.2) is 42.5 Å². The number of nitrogen functional groups attached to an aromatic ring is 1. The van der Waals surface area contributed by atoms with Gasteiger partial charge in [0, 0.05) is 11.3 Å². The lowest BCUT2D eigenvalue weighted by molar-refractivity contribution is 0.0935. The highest BCUT2D eigenvalue weighted by Crippen LogP contribution is 2.19. The first-order chi connectivity index (χ1) is 10.0. The molecule has 3 N–H and O–H groups in total. The minimum atomic E-state index is -0.0888. The van der Waals surface area contributed by atoms with E-state index in [0.29, 0.717) is 11.3 Å². The van der Waals surface area contributed by atoms with Gasteiger partial charge >= 0.3 is 0 Å². The molecule has 0 heterocycles. The van der Waals surface area contributed by atoms with Gasteiger partial charge in [0.05, 0.1) is 6.04 Å². The van der Waals surface area contributed by atoms with Crippen LogP contribution in [0.2, 0.25) is 0 Å². The van der Waals surface area contributed by atoms with Crippen molar-refractivity contribution in [1.29, 1.82) is 0 Å². The molecule has 0 aliphatic carbocycles. The van der Waals surface area contributed by atoms with E-state index in [-0.39, 0.29) is 11.9 Å². The van der Waals surface area contributed by atoms with Crippen LogP contribution in [0.25, 0.3) is 0 Å². The molecule has 2 aromatic carbocycles. The van der Waals surface area contributed by atoms with Gasteiger partial charge in [0.1, 0.15) is 0 Å². The molecular formula is C18H22N2O. The van der Waals surface area contributed by atoms with Gasteiger partial charge < -0.3 is 11.1 Å². The van der Waals surface area contributed by atoms with Crippen molar-refractivity contribution in [2.45, 2.75) is 33.2 Å². The predicted molar refractivity (Wildman–Crippen MR) is 87.3 cm³/mol. The Morgan fingerprint density at radius 3 is 2.38 bits per heavy atom. The number of hydrogen-bond donors (Lipinski definition) is 2. The fourth-order valence-electron chi connectivity index (χ4n) is 2.24. The highest BCUT2D eigenvalue weighted by molar-refractivity contribution is 5.95. The van der Waals surface area contributed by atoms with E-state index in [0.717, 1.165) is 17.5 Å². The second-order valence-corrected chi connectivity index (χ2v) is 5.42. The molecule has 0 aromatic heterocycles. The minimum absolute atomic E-state index is 0.0145. The van der Waals surface area contributed by atoms with Gasteiger partial charge in [-0.05, 0) is 43.5 Å². The minimum Gasteiger partial charge on any atom is -0.398 e. The van der Waals surface area contributed by atoms with Crippen LogP contribution in [0, 0.1) is 13.8 Å². The SMILES string of the molecule is CCC(NC(=O)c1ccc(C)c(N)c1)c1ccc(C)cc1. The van der Waals surface area contributed by atoms with Gasteiger partial charge in [0.25, 0.3) is 5.91 Å². The summed E-state index contributed by atoms with van der Waals surface area (Å²) in [5.41, 5.74) is 10.4. The number of aryl methyl sites for hydroxylation is 2. The van der Waals surface area contributed by atoms with Crippen molar-refractivity contribution in [1.82, 2.24) is 5.32 Å². The molecule has 3 nitrogen and oxygen atoms in total. The number of carbonyl (C=O) groups is 1. The number of rotatable bonds is 4. The van der Waals surface area contributed by atoms with Crippen molar-refractivity contribution in [2.24, 2.45) is 0 Å². The topological polar surface area (TPSA) is 55.1 Å². The van der Waals surface area contributed by atoms with E-state index in [4.69, 9.17) is 5.73 Å². The number of benzene rings is 2. The zero-order chi connectivity index (χ0) is 15.4. The molecule has 2 aromatic rings. The standard InChI is InChI=1S/C18H22N2O/c1-4-17(14-8-5-12(2)6-9-14)20-18(21)15-10-7-13(3)16(19)11-15/h5-11,17H,4,19H2,1-3H3,(H,20,21). The first-order valence-electron chi connectivity index (χ1n) is 7.24. The zero-order valence-electron chi connectivity index (χ0n) is 12.8. The van der Waals surface area contributed by atoms with Crippen LogP contribution < -0.4 is 11.1 Å². The number of nitrogens with one attached hydrogen (secondary N) is 1. The Balaban J connectivity index is 2.15. The van der Waals surface area contributed by atoms with E-state index in [1.54, 1.807) is 6.07 Å². The summed E-state index contributed by atoms with van der Waals surface area (Å²) in [7, 11) is 0.